The van der Waals surface area contributed by atoms with Gasteiger partial charge in [-0.1, -0.05) is 11.3 Å². The number of carbonyl (C=O) groups excluding carboxylic acids is 2. The van der Waals surface area contributed by atoms with Crippen molar-refractivity contribution >= 4 is 39.4 Å². The van der Waals surface area contributed by atoms with E-state index in [1.807, 2.05) is 11.8 Å². The molecule has 17 heteroatoms. The third-order valence-corrected chi connectivity index (χ3v) is 8.98. The number of piperazine rings is 1. The van der Waals surface area contributed by atoms with Gasteiger partial charge in [0.2, 0.25) is 10.9 Å². The standard InChI is InChI=1S/C30H36F3N9O4S/c1-16-12-39(9-10-41(16)23(43)15-42-18(3)34-17(2)38-42)26-24(37-27(47-26)30(31,32)33)25-35-21-8-7-19(11-22(21)36-25)45-20-13-40(14-20)28(44)46-29(4,5)6/h7-8,11,16,20H,9-10,12-15H2,1-6H3,(H,35,36). The van der Waals surface area contributed by atoms with Gasteiger partial charge in [-0.2, -0.15) is 18.3 Å². The quantitative estimate of drug-likeness (QED) is 0.310. The van der Waals surface area contributed by atoms with Crippen molar-refractivity contribution in [1.29, 1.82) is 0 Å². The van der Waals surface area contributed by atoms with Crippen LogP contribution >= 0.6 is 11.3 Å². The molecule has 47 heavy (non-hydrogen) atoms. The fourth-order valence-corrected chi connectivity index (χ4v) is 6.57. The number of amides is 2. The number of H-pyrrole nitrogens is 1. The highest BCUT2D eigenvalue weighted by atomic mass is 32.1. The van der Waals surface area contributed by atoms with Crippen LogP contribution in [0.2, 0.25) is 0 Å². The fraction of sp³-hybridized carbons (Fsp3) is 0.533. The number of carbonyl (C=O) groups is 2. The lowest BCUT2D eigenvalue weighted by molar-refractivity contribution is -0.137. The van der Waals surface area contributed by atoms with Crippen LogP contribution in [0, 0.1) is 13.8 Å². The van der Waals surface area contributed by atoms with E-state index in [4.69, 9.17) is 9.47 Å². The molecule has 5 heterocycles. The van der Waals surface area contributed by atoms with E-state index in [2.05, 4.69) is 25.0 Å². The average molecular weight is 676 g/mol. The zero-order chi connectivity index (χ0) is 33.8. The van der Waals surface area contributed by atoms with Crippen LogP contribution in [0.25, 0.3) is 22.6 Å². The zero-order valence-corrected chi connectivity index (χ0v) is 27.7. The van der Waals surface area contributed by atoms with Crippen LogP contribution in [0.4, 0.5) is 23.0 Å². The van der Waals surface area contributed by atoms with Crippen molar-refractivity contribution in [3.8, 4) is 17.3 Å². The molecule has 0 aliphatic carbocycles. The van der Waals surface area contributed by atoms with E-state index >= 15 is 0 Å². The molecule has 1 aromatic carbocycles. The smallest absolute Gasteiger partial charge is 0.443 e. The van der Waals surface area contributed by atoms with E-state index in [1.54, 1.807) is 67.3 Å². The van der Waals surface area contributed by atoms with E-state index < -0.39 is 22.9 Å². The minimum Gasteiger partial charge on any atom is -0.487 e. The van der Waals surface area contributed by atoms with E-state index in [-0.39, 0.29) is 36.1 Å². The van der Waals surface area contributed by atoms with E-state index in [1.165, 1.54) is 0 Å². The van der Waals surface area contributed by atoms with Crippen molar-refractivity contribution in [2.75, 3.05) is 37.6 Å². The van der Waals surface area contributed by atoms with Crippen molar-refractivity contribution in [1.82, 2.24) is 39.5 Å². The summed E-state index contributed by atoms with van der Waals surface area (Å²) < 4.78 is 54.7. The molecule has 1 atom stereocenters. The Morgan fingerprint density at radius 2 is 1.81 bits per heavy atom. The number of aryl methyl sites for hydroxylation is 2. The molecule has 6 rings (SSSR count). The second kappa shape index (κ2) is 12.0. The van der Waals surface area contributed by atoms with Crippen LogP contribution in [0.5, 0.6) is 5.75 Å². The van der Waals surface area contributed by atoms with E-state index in [9.17, 15) is 22.8 Å². The second-order valence-corrected chi connectivity index (χ2v) is 13.8. The molecular weight excluding hydrogens is 639 g/mol. The third-order valence-electron chi connectivity index (χ3n) is 7.81. The van der Waals surface area contributed by atoms with Crippen molar-refractivity contribution in [2.24, 2.45) is 0 Å². The Kier molecular flexibility index (Phi) is 8.30. The molecule has 2 saturated heterocycles. The van der Waals surface area contributed by atoms with E-state index in [0.717, 1.165) is 0 Å². The van der Waals surface area contributed by atoms with Gasteiger partial charge in [0.05, 0.1) is 24.1 Å². The Morgan fingerprint density at radius 3 is 2.45 bits per heavy atom. The summed E-state index contributed by atoms with van der Waals surface area (Å²) in [6, 6.07) is 4.89. The fourth-order valence-electron chi connectivity index (χ4n) is 5.60. The first-order valence-corrected chi connectivity index (χ1v) is 16.0. The SMILES string of the molecule is Cc1nc(C)n(CC(=O)N2CCN(c3sc(C(F)(F)F)nc3-c3nc4ccc(OC5CN(C(=O)OC(C)(C)C)C5)cc4[nH]3)CC2C)n1. The third kappa shape index (κ3) is 6.99. The number of aromatic nitrogens is 6. The minimum atomic E-state index is -4.64. The van der Waals surface area contributed by atoms with Crippen molar-refractivity contribution in [3.05, 3.63) is 34.9 Å². The molecule has 0 spiro atoms. The van der Waals surface area contributed by atoms with Crippen molar-refractivity contribution < 1.29 is 32.2 Å². The largest absolute Gasteiger partial charge is 0.487 e. The number of hydrogen-bond acceptors (Lipinski definition) is 10. The number of nitrogens with one attached hydrogen (secondary N) is 1. The van der Waals surface area contributed by atoms with Gasteiger partial charge in [0.15, 0.2) is 5.82 Å². The summed E-state index contributed by atoms with van der Waals surface area (Å²) in [4.78, 5) is 46.4. The summed E-state index contributed by atoms with van der Waals surface area (Å²) in [5, 5.41) is 3.61. The predicted octanol–water partition coefficient (Wildman–Crippen LogP) is 4.65. The molecule has 13 nitrogen and oxygen atoms in total. The Balaban J connectivity index is 1.17. The average Bonchev–Trinajstić information content (AvgIpc) is 3.65. The summed E-state index contributed by atoms with van der Waals surface area (Å²) in [5.41, 5.74) is 0.601. The van der Waals surface area contributed by atoms with Gasteiger partial charge in [-0.05, 0) is 53.7 Å². The lowest BCUT2D eigenvalue weighted by Gasteiger charge is -2.40. The maximum absolute atomic E-state index is 13.9. The van der Waals surface area contributed by atoms with Gasteiger partial charge in [-0.3, -0.25) is 4.79 Å². The van der Waals surface area contributed by atoms with Crippen LogP contribution < -0.4 is 9.64 Å². The summed E-state index contributed by atoms with van der Waals surface area (Å²) in [5.74, 6) is 1.79. The molecule has 0 radical (unpaired) electrons. The number of fused-ring (bicyclic) bond motifs is 1. The molecular formula is C30H36F3N9O4S. The van der Waals surface area contributed by atoms with Crippen LogP contribution in [0.15, 0.2) is 18.2 Å². The molecule has 0 saturated carbocycles. The number of nitrogens with zero attached hydrogens (tertiary/aromatic N) is 8. The van der Waals surface area contributed by atoms with Gasteiger partial charge in [0.1, 0.15) is 46.3 Å². The van der Waals surface area contributed by atoms with Crippen LogP contribution in [-0.2, 0) is 22.3 Å². The normalized spacial score (nSPS) is 17.7. The summed E-state index contributed by atoms with van der Waals surface area (Å²) >= 11 is 0.561. The number of hydrogen-bond donors (Lipinski definition) is 1. The van der Waals surface area contributed by atoms with Crippen molar-refractivity contribution in [2.45, 2.75) is 72.0 Å². The highest BCUT2D eigenvalue weighted by Crippen LogP contribution is 2.43. The molecule has 2 aliphatic heterocycles. The highest BCUT2D eigenvalue weighted by Gasteiger charge is 2.39. The summed E-state index contributed by atoms with van der Waals surface area (Å²) in [6.07, 6.45) is -5.26. The lowest BCUT2D eigenvalue weighted by atomic mass is 10.1. The maximum Gasteiger partial charge on any atom is 0.443 e. The first-order chi connectivity index (χ1) is 22.0. The lowest BCUT2D eigenvalue weighted by Crippen LogP contribution is -2.57. The second-order valence-electron chi connectivity index (χ2n) is 12.8. The molecule has 2 amide bonds. The monoisotopic (exact) mass is 675 g/mol. The molecule has 0 bridgehead atoms. The number of thiazole rings is 1. The molecule has 2 fully saturated rings. The molecule has 252 valence electrons. The molecule has 3 aromatic heterocycles. The number of alkyl halides is 3. The van der Waals surface area contributed by atoms with E-state index in [0.29, 0.717) is 77.5 Å². The van der Waals surface area contributed by atoms with Gasteiger partial charge < -0.3 is 29.2 Å². The Bertz CT molecular complexity index is 1810. The van der Waals surface area contributed by atoms with Gasteiger partial charge in [0.25, 0.3) is 0 Å². The van der Waals surface area contributed by atoms with Gasteiger partial charge in [-0.15, -0.1) is 0 Å². The maximum atomic E-state index is 13.9. The number of anilines is 1. The Hall–Kier alpha value is -4.41. The number of benzene rings is 1. The molecule has 1 N–H and O–H groups in total. The van der Waals surface area contributed by atoms with Crippen molar-refractivity contribution in [3.63, 3.8) is 0 Å². The van der Waals surface area contributed by atoms with Crippen LogP contribution in [-0.4, -0.2) is 102 Å². The van der Waals surface area contributed by atoms with Gasteiger partial charge in [0, 0.05) is 31.7 Å². The predicted molar refractivity (Wildman–Crippen MR) is 167 cm³/mol. The Morgan fingerprint density at radius 1 is 1.06 bits per heavy atom. The molecule has 4 aromatic rings. The zero-order valence-electron chi connectivity index (χ0n) is 26.9. The molecule has 2 aliphatic rings. The summed E-state index contributed by atoms with van der Waals surface area (Å²) in [7, 11) is 0. The minimum absolute atomic E-state index is 0.0362. The number of likely N-dealkylation sites (tertiary alicyclic amines) is 1. The number of aromatic amines is 1. The number of rotatable bonds is 6. The van der Waals surface area contributed by atoms with Crippen LogP contribution in [0.3, 0.4) is 0 Å². The number of ether oxygens (including phenoxy) is 2. The summed E-state index contributed by atoms with van der Waals surface area (Å²) in [6.45, 7) is 12.5. The highest BCUT2D eigenvalue weighted by molar-refractivity contribution is 7.16. The first kappa shape index (κ1) is 32.5. The Labute approximate surface area is 272 Å². The van der Waals surface area contributed by atoms with Gasteiger partial charge >= 0.3 is 12.3 Å². The van der Waals surface area contributed by atoms with Gasteiger partial charge in [-0.25, -0.2) is 24.4 Å². The molecule has 1 unspecified atom stereocenters. The van der Waals surface area contributed by atoms with Crippen LogP contribution in [0.1, 0.15) is 44.4 Å². The topological polar surface area (TPSA) is 135 Å². The number of halogens is 3. The first-order valence-electron chi connectivity index (χ1n) is 15.2. The number of imidazole rings is 1.